The summed E-state index contributed by atoms with van der Waals surface area (Å²) in [5, 5.41) is 2.92. The van der Waals surface area contributed by atoms with E-state index in [4.69, 9.17) is 9.47 Å². The highest BCUT2D eigenvalue weighted by atomic mass is 16.5. The molecule has 25 heavy (non-hydrogen) atoms. The van der Waals surface area contributed by atoms with Gasteiger partial charge in [-0.2, -0.15) is 0 Å². The first-order valence-electron chi connectivity index (χ1n) is 8.32. The Hall–Kier alpha value is -2.69. The summed E-state index contributed by atoms with van der Waals surface area (Å²) in [5.74, 6) is 1.14. The third kappa shape index (κ3) is 4.66. The smallest absolute Gasteiger partial charge is 0.243 e. The second kappa shape index (κ2) is 8.42. The Kier molecular flexibility index (Phi) is 6.28. The number of anilines is 2. The summed E-state index contributed by atoms with van der Waals surface area (Å²) in [4.78, 5) is 14.5. The van der Waals surface area contributed by atoms with E-state index in [1.54, 1.807) is 32.4 Å². The van der Waals surface area contributed by atoms with Crippen LogP contribution in [0.5, 0.6) is 11.5 Å². The van der Waals surface area contributed by atoms with Crippen molar-refractivity contribution in [2.45, 2.75) is 20.8 Å². The number of methoxy groups -OCH3 is 2. The standard InChI is InChI=1S/C20H26N2O3/c1-6-22(17-9-7-14(2)11-15(17)3)13-20(23)21-16-8-10-18(24-4)19(12-16)25-5/h7-12H,6,13H2,1-5H3,(H,21,23). The van der Waals surface area contributed by atoms with Gasteiger partial charge < -0.3 is 19.7 Å². The zero-order valence-corrected chi connectivity index (χ0v) is 15.6. The quantitative estimate of drug-likeness (QED) is 0.832. The Labute approximate surface area is 149 Å². The van der Waals surface area contributed by atoms with Crippen molar-refractivity contribution >= 4 is 17.3 Å². The van der Waals surface area contributed by atoms with Crippen LogP contribution in [0.4, 0.5) is 11.4 Å². The lowest BCUT2D eigenvalue weighted by molar-refractivity contribution is -0.115. The van der Waals surface area contributed by atoms with Gasteiger partial charge in [0.2, 0.25) is 5.91 Å². The monoisotopic (exact) mass is 342 g/mol. The molecule has 2 aromatic rings. The van der Waals surface area contributed by atoms with Crippen LogP contribution in [0.1, 0.15) is 18.1 Å². The van der Waals surface area contributed by atoms with E-state index in [1.165, 1.54) is 11.1 Å². The number of hydrogen-bond acceptors (Lipinski definition) is 4. The van der Waals surface area contributed by atoms with E-state index in [-0.39, 0.29) is 12.5 Å². The molecular formula is C20H26N2O3. The number of rotatable bonds is 7. The molecule has 5 heteroatoms. The van der Waals surface area contributed by atoms with E-state index in [0.717, 1.165) is 12.2 Å². The largest absolute Gasteiger partial charge is 0.493 e. The van der Waals surface area contributed by atoms with Gasteiger partial charge in [-0.05, 0) is 44.5 Å². The van der Waals surface area contributed by atoms with E-state index in [0.29, 0.717) is 17.2 Å². The first-order chi connectivity index (χ1) is 12.0. The van der Waals surface area contributed by atoms with Gasteiger partial charge in [0.15, 0.2) is 11.5 Å². The number of ether oxygens (including phenoxy) is 2. The van der Waals surface area contributed by atoms with Crippen LogP contribution in [0.15, 0.2) is 36.4 Å². The van der Waals surface area contributed by atoms with Gasteiger partial charge in [-0.25, -0.2) is 0 Å². The predicted molar refractivity (Wildman–Crippen MR) is 102 cm³/mol. The molecule has 1 amide bonds. The third-order valence-electron chi connectivity index (χ3n) is 4.08. The Morgan fingerprint density at radius 2 is 1.76 bits per heavy atom. The third-order valence-corrected chi connectivity index (χ3v) is 4.08. The molecule has 134 valence electrons. The minimum Gasteiger partial charge on any atom is -0.493 e. The number of aryl methyl sites for hydroxylation is 2. The molecule has 0 bridgehead atoms. The zero-order valence-electron chi connectivity index (χ0n) is 15.6. The summed E-state index contributed by atoms with van der Waals surface area (Å²) >= 11 is 0. The second-order valence-electron chi connectivity index (χ2n) is 5.92. The minimum atomic E-state index is -0.0750. The number of likely N-dealkylation sites (N-methyl/N-ethyl adjacent to an activating group) is 1. The molecule has 0 aliphatic carbocycles. The van der Waals surface area contributed by atoms with Gasteiger partial charge in [0.05, 0.1) is 20.8 Å². The number of nitrogens with one attached hydrogen (secondary N) is 1. The number of nitrogens with zero attached hydrogens (tertiary/aromatic N) is 1. The average Bonchev–Trinajstić information content (AvgIpc) is 2.60. The highest BCUT2D eigenvalue weighted by Crippen LogP contribution is 2.29. The van der Waals surface area contributed by atoms with Crippen molar-refractivity contribution in [1.29, 1.82) is 0 Å². The van der Waals surface area contributed by atoms with Gasteiger partial charge in [-0.1, -0.05) is 17.7 Å². The van der Waals surface area contributed by atoms with Gasteiger partial charge in [0, 0.05) is 24.0 Å². The van der Waals surface area contributed by atoms with Crippen LogP contribution < -0.4 is 19.7 Å². The zero-order chi connectivity index (χ0) is 18.4. The van der Waals surface area contributed by atoms with Crippen molar-refractivity contribution in [3.8, 4) is 11.5 Å². The summed E-state index contributed by atoms with van der Waals surface area (Å²) in [6.07, 6.45) is 0. The maximum absolute atomic E-state index is 12.5. The van der Waals surface area contributed by atoms with Crippen LogP contribution in [0.2, 0.25) is 0 Å². The van der Waals surface area contributed by atoms with E-state index in [2.05, 4.69) is 42.3 Å². The van der Waals surface area contributed by atoms with Crippen LogP contribution in [-0.4, -0.2) is 33.2 Å². The molecule has 0 unspecified atom stereocenters. The summed E-state index contributed by atoms with van der Waals surface area (Å²) in [6.45, 7) is 7.22. The van der Waals surface area contributed by atoms with Crippen molar-refractivity contribution in [2.24, 2.45) is 0 Å². The van der Waals surface area contributed by atoms with Gasteiger partial charge in [-0.3, -0.25) is 4.79 Å². The van der Waals surface area contributed by atoms with Crippen LogP contribution in [0.25, 0.3) is 0 Å². The number of benzene rings is 2. The number of amides is 1. The van der Waals surface area contributed by atoms with Gasteiger partial charge in [-0.15, -0.1) is 0 Å². The summed E-state index contributed by atoms with van der Waals surface area (Å²) in [7, 11) is 3.15. The molecular weight excluding hydrogens is 316 g/mol. The maximum Gasteiger partial charge on any atom is 0.243 e. The van der Waals surface area contributed by atoms with Crippen LogP contribution in [-0.2, 0) is 4.79 Å². The minimum absolute atomic E-state index is 0.0750. The highest BCUT2D eigenvalue weighted by Gasteiger charge is 2.13. The molecule has 0 heterocycles. The second-order valence-corrected chi connectivity index (χ2v) is 5.92. The van der Waals surface area contributed by atoms with Crippen LogP contribution >= 0.6 is 0 Å². The molecule has 0 saturated carbocycles. The predicted octanol–water partition coefficient (Wildman–Crippen LogP) is 3.79. The van der Waals surface area contributed by atoms with Gasteiger partial charge in [0.1, 0.15) is 0 Å². The number of carbonyl (C=O) groups excluding carboxylic acids is 1. The summed E-state index contributed by atoms with van der Waals surface area (Å²) in [6, 6.07) is 11.6. The van der Waals surface area contributed by atoms with Crippen molar-refractivity contribution in [3.05, 3.63) is 47.5 Å². The maximum atomic E-state index is 12.5. The SMILES string of the molecule is CCN(CC(=O)Nc1ccc(OC)c(OC)c1)c1ccc(C)cc1C. The summed E-state index contributed by atoms with van der Waals surface area (Å²) < 4.78 is 10.5. The van der Waals surface area contributed by atoms with Crippen molar-refractivity contribution in [1.82, 2.24) is 0 Å². The fourth-order valence-corrected chi connectivity index (χ4v) is 2.82. The lowest BCUT2D eigenvalue weighted by atomic mass is 10.1. The molecule has 2 rings (SSSR count). The fourth-order valence-electron chi connectivity index (χ4n) is 2.82. The van der Waals surface area contributed by atoms with E-state index < -0.39 is 0 Å². The van der Waals surface area contributed by atoms with E-state index >= 15 is 0 Å². The molecule has 0 spiro atoms. The molecule has 0 atom stereocenters. The first kappa shape index (κ1) is 18.6. The molecule has 0 aromatic heterocycles. The molecule has 0 radical (unpaired) electrons. The Bertz CT molecular complexity index is 744. The molecule has 1 N–H and O–H groups in total. The van der Waals surface area contributed by atoms with Gasteiger partial charge in [0.25, 0.3) is 0 Å². The fraction of sp³-hybridized carbons (Fsp3) is 0.350. The lowest BCUT2D eigenvalue weighted by Crippen LogP contribution is -2.33. The summed E-state index contributed by atoms with van der Waals surface area (Å²) in [5.41, 5.74) is 4.14. The molecule has 5 nitrogen and oxygen atoms in total. The lowest BCUT2D eigenvalue weighted by Gasteiger charge is -2.24. The van der Waals surface area contributed by atoms with Gasteiger partial charge >= 0.3 is 0 Å². The molecule has 0 aliphatic heterocycles. The van der Waals surface area contributed by atoms with Crippen molar-refractivity contribution in [2.75, 3.05) is 37.5 Å². The van der Waals surface area contributed by atoms with E-state index in [1.807, 2.05) is 6.92 Å². The Balaban J connectivity index is 2.10. The first-order valence-corrected chi connectivity index (χ1v) is 8.32. The normalized spacial score (nSPS) is 10.3. The molecule has 0 saturated heterocycles. The molecule has 2 aromatic carbocycles. The molecule has 0 fully saturated rings. The Morgan fingerprint density at radius 3 is 2.36 bits per heavy atom. The van der Waals surface area contributed by atoms with Crippen LogP contribution in [0.3, 0.4) is 0 Å². The van der Waals surface area contributed by atoms with Crippen molar-refractivity contribution < 1.29 is 14.3 Å². The van der Waals surface area contributed by atoms with Crippen molar-refractivity contribution in [3.63, 3.8) is 0 Å². The van der Waals surface area contributed by atoms with E-state index in [9.17, 15) is 4.79 Å². The highest BCUT2D eigenvalue weighted by molar-refractivity contribution is 5.94. The van der Waals surface area contributed by atoms with Crippen LogP contribution in [0, 0.1) is 13.8 Å². The average molecular weight is 342 g/mol. The number of hydrogen-bond donors (Lipinski definition) is 1. The molecule has 0 aliphatic rings. The number of carbonyl (C=O) groups is 1. The topological polar surface area (TPSA) is 50.8 Å². The Morgan fingerprint density at radius 1 is 1.04 bits per heavy atom.